The van der Waals surface area contributed by atoms with Crippen molar-refractivity contribution in [2.24, 2.45) is 11.3 Å². The number of aryl methyl sites for hydroxylation is 1. The maximum absolute atomic E-state index is 15.5. The van der Waals surface area contributed by atoms with Crippen molar-refractivity contribution in [1.82, 2.24) is 0 Å². The fourth-order valence-electron chi connectivity index (χ4n) is 6.48. The van der Waals surface area contributed by atoms with E-state index >= 15 is 4.39 Å². The third kappa shape index (κ3) is 9.27. The van der Waals surface area contributed by atoms with E-state index in [9.17, 15) is 9.59 Å². The second-order valence-electron chi connectivity index (χ2n) is 15.3. The zero-order chi connectivity index (χ0) is 35.5. The van der Waals surface area contributed by atoms with Crippen molar-refractivity contribution in [3.8, 4) is 11.1 Å². The Morgan fingerprint density at radius 1 is 0.898 bits per heavy atom. The van der Waals surface area contributed by atoms with E-state index in [4.69, 9.17) is 16.3 Å². The highest BCUT2D eigenvalue weighted by Gasteiger charge is 2.27. The fraction of sp³-hybridized carbons (Fsp3) is 0.349. The summed E-state index contributed by atoms with van der Waals surface area (Å²) >= 11 is 6.12. The van der Waals surface area contributed by atoms with Crippen LogP contribution in [0, 0.1) is 24.1 Å². The molecule has 1 N–H and O–H groups in total. The topological polar surface area (TPSA) is 55.4 Å². The van der Waals surface area contributed by atoms with Crippen molar-refractivity contribution in [2.75, 3.05) is 5.32 Å². The lowest BCUT2D eigenvalue weighted by atomic mass is 9.72. The van der Waals surface area contributed by atoms with Crippen LogP contribution in [0.1, 0.15) is 99.3 Å². The number of ether oxygens (including phenoxy) is 1. The molecule has 0 radical (unpaired) electrons. The van der Waals surface area contributed by atoms with Crippen LogP contribution in [0.25, 0.3) is 16.7 Å². The number of carbonyl (C=O) groups excluding carboxylic acids is 2. The van der Waals surface area contributed by atoms with Crippen LogP contribution in [0.15, 0.2) is 91.0 Å². The molecule has 2 atom stereocenters. The van der Waals surface area contributed by atoms with Crippen molar-refractivity contribution in [2.45, 2.75) is 85.7 Å². The van der Waals surface area contributed by atoms with Gasteiger partial charge in [0.2, 0.25) is 5.91 Å². The highest BCUT2D eigenvalue weighted by molar-refractivity contribution is 6.30. The minimum Gasteiger partial charge on any atom is -0.456 e. The van der Waals surface area contributed by atoms with Gasteiger partial charge in [0.15, 0.2) is 0 Å². The molecular formula is C43H47ClFNO3. The molecule has 1 amide bonds. The van der Waals surface area contributed by atoms with Crippen LogP contribution < -0.4 is 5.32 Å². The molecule has 0 heterocycles. The Labute approximate surface area is 295 Å². The quantitative estimate of drug-likeness (QED) is 0.189. The van der Waals surface area contributed by atoms with Crippen molar-refractivity contribution < 1.29 is 18.7 Å². The van der Waals surface area contributed by atoms with E-state index in [1.165, 1.54) is 11.6 Å². The number of carbonyl (C=O) groups is 2. The molecule has 4 nitrogen and oxygen atoms in total. The Bertz CT molecular complexity index is 1850. The van der Waals surface area contributed by atoms with E-state index in [2.05, 4.69) is 44.3 Å². The fourth-order valence-corrected chi connectivity index (χ4v) is 6.71. The molecule has 1 aliphatic rings. The largest absolute Gasteiger partial charge is 0.456 e. The van der Waals surface area contributed by atoms with Crippen LogP contribution in [0.5, 0.6) is 0 Å². The van der Waals surface area contributed by atoms with Crippen LogP contribution in [-0.4, -0.2) is 17.5 Å². The number of hydrogen-bond donors (Lipinski definition) is 1. The van der Waals surface area contributed by atoms with Crippen molar-refractivity contribution in [3.05, 3.63) is 130 Å². The van der Waals surface area contributed by atoms with Crippen molar-refractivity contribution >= 4 is 34.7 Å². The molecule has 0 spiro atoms. The number of nitrogens with one attached hydrogen (secondary N) is 1. The first-order valence-corrected chi connectivity index (χ1v) is 17.4. The maximum Gasteiger partial charge on any atom is 0.338 e. The Kier molecular flexibility index (Phi) is 10.8. The number of esters is 1. The maximum atomic E-state index is 15.5. The summed E-state index contributed by atoms with van der Waals surface area (Å²) in [6, 6.07) is 25.7. The molecule has 1 unspecified atom stereocenters. The average molecular weight is 680 g/mol. The van der Waals surface area contributed by atoms with Gasteiger partial charge in [-0.1, -0.05) is 87.0 Å². The second-order valence-corrected chi connectivity index (χ2v) is 15.7. The van der Waals surface area contributed by atoms with E-state index in [0.717, 1.165) is 47.1 Å². The summed E-state index contributed by atoms with van der Waals surface area (Å²) in [4.78, 5) is 26.6. The molecule has 5 rings (SSSR count). The number of rotatable bonds is 8. The van der Waals surface area contributed by atoms with Crippen molar-refractivity contribution in [1.29, 1.82) is 0 Å². The van der Waals surface area contributed by atoms with Gasteiger partial charge in [-0.05, 0) is 140 Å². The van der Waals surface area contributed by atoms with Gasteiger partial charge in [-0.15, -0.1) is 0 Å². The Morgan fingerprint density at radius 2 is 1.57 bits per heavy atom. The molecule has 4 aromatic rings. The zero-order valence-corrected chi connectivity index (χ0v) is 30.4. The summed E-state index contributed by atoms with van der Waals surface area (Å²) in [5, 5.41) is 3.48. The predicted octanol–water partition coefficient (Wildman–Crippen LogP) is 11.6. The summed E-state index contributed by atoms with van der Waals surface area (Å²) in [6.45, 7) is 14.3. The van der Waals surface area contributed by atoms with E-state index in [0.29, 0.717) is 28.5 Å². The summed E-state index contributed by atoms with van der Waals surface area (Å²) in [5.74, 6) is -1.18. The molecular weight excluding hydrogens is 633 g/mol. The molecule has 1 aliphatic carbocycles. The van der Waals surface area contributed by atoms with Gasteiger partial charge < -0.3 is 10.1 Å². The van der Waals surface area contributed by atoms with Gasteiger partial charge in [-0.25, -0.2) is 9.18 Å². The van der Waals surface area contributed by atoms with Gasteiger partial charge in [0.25, 0.3) is 0 Å². The molecule has 0 aromatic heterocycles. The molecule has 4 aromatic carbocycles. The van der Waals surface area contributed by atoms with Crippen LogP contribution in [0.4, 0.5) is 10.1 Å². The van der Waals surface area contributed by atoms with Crippen LogP contribution >= 0.6 is 11.6 Å². The zero-order valence-electron chi connectivity index (χ0n) is 29.6. The lowest BCUT2D eigenvalue weighted by Crippen LogP contribution is -2.24. The van der Waals surface area contributed by atoms with Gasteiger partial charge in [0.05, 0.1) is 17.2 Å². The molecule has 6 heteroatoms. The van der Waals surface area contributed by atoms with Gasteiger partial charge in [-0.2, -0.15) is 0 Å². The van der Waals surface area contributed by atoms with Crippen molar-refractivity contribution in [3.63, 3.8) is 0 Å². The number of anilines is 1. The first-order chi connectivity index (χ1) is 23.1. The van der Waals surface area contributed by atoms with E-state index < -0.39 is 23.3 Å². The highest BCUT2D eigenvalue weighted by atomic mass is 35.5. The molecule has 256 valence electrons. The molecule has 0 saturated heterocycles. The molecule has 0 saturated carbocycles. The summed E-state index contributed by atoms with van der Waals surface area (Å²) in [7, 11) is 0. The van der Waals surface area contributed by atoms with Gasteiger partial charge >= 0.3 is 5.97 Å². The summed E-state index contributed by atoms with van der Waals surface area (Å²) in [6.07, 6.45) is 5.97. The second kappa shape index (κ2) is 14.7. The SMILES string of the molecule is Cc1cc(Cl)ccc1-c1ccc(NC(=O)[C@H](Cc2ccc(C(=O)OC(C)(C)C)cc2)c2ccc(C3=CCC(C(C)(C)C)CC3)cc2)c(F)c1. The van der Waals surface area contributed by atoms with Crippen LogP contribution in [0.2, 0.25) is 5.02 Å². The van der Waals surface area contributed by atoms with Crippen LogP contribution in [-0.2, 0) is 16.0 Å². The number of amides is 1. The number of hydrogen-bond acceptors (Lipinski definition) is 3. The Morgan fingerprint density at radius 3 is 2.14 bits per heavy atom. The monoisotopic (exact) mass is 679 g/mol. The number of halogens is 2. The number of allylic oxidation sites excluding steroid dienone is 2. The first kappa shape index (κ1) is 36.1. The Hall–Kier alpha value is -4.22. The summed E-state index contributed by atoms with van der Waals surface area (Å²) < 4.78 is 21.0. The third-order valence-electron chi connectivity index (χ3n) is 9.39. The normalized spacial score (nSPS) is 15.7. The summed E-state index contributed by atoms with van der Waals surface area (Å²) in [5.41, 5.74) is 6.94. The lowest BCUT2D eigenvalue weighted by molar-refractivity contribution is -0.117. The van der Waals surface area contributed by atoms with E-state index in [1.807, 2.05) is 64.1 Å². The minimum absolute atomic E-state index is 0.114. The molecule has 49 heavy (non-hydrogen) atoms. The predicted molar refractivity (Wildman–Crippen MR) is 199 cm³/mol. The van der Waals surface area contributed by atoms with E-state index in [1.54, 1.807) is 30.3 Å². The standard InChI is InChI=1S/C43H47ClFNO3/c1-27-24-35(44)21-22-36(27)33-18-23-39(38(45)26-33)46-40(47)37(25-28-8-10-32(11-9-28)41(48)49-43(5,6)7)31-14-12-29(13-15-31)30-16-19-34(20-17-30)42(2,3)4/h8-16,18,21-24,26,34,37H,17,19-20,25H2,1-7H3,(H,46,47)/t34?,37-/m1/s1. The highest BCUT2D eigenvalue weighted by Crippen LogP contribution is 2.40. The molecule has 0 fully saturated rings. The Balaban J connectivity index is 1.40. The lowest BCUT2D eigenvalue weighted by Gasteiger charge is -2.33. The van der Waals surface area contributed by atoms with Crippen LogP contribution in [0.3, 0.4) is 0 Å². The van der Waals surface area contributed by atoms with Gasteiger partial charge in [0, 0.05) is 5.02 Å². The van der Waals surface area contributed by atoms with Gasteiger partial charge in [-0.3, -0.25) is 4.79 Å². The minimum atomic E-state index is -0.607. The third-order valence-corrected chi connectivity index (χ3v) is 9.63. The first-order valence-electron chi connectivity index (χ1n) is 17.1. The molecule has 0 bridgehead atoms. The van der Waals surface area contributed by atoms with Gasteiger partial charge in [0.1, 0.15) is 11.4 Å². The molecule has 0 aliphatic heterocycles. The average Bonchev–Trinajstić information content (AvgIpc) is 3.04. The smallest absolute Gasteiger partial charge is 0.338 e. The van der Waals surface area contributed by atoms with E-state index in [-0.39, 0.29) is 17.0 Å². The number of benzene rings is 4.